The van der Waals surface area contributed by atoms with E-state index in [0.29, 0.717) is 0 Å². The number of hydrogen-bond donors (Lipinski definition) is 0. The number of nitrogens with zero attached hydrogens (tertiary/aromatic N) is 1. The molecule has 6 heteroatoms. The predicted molar refractivity (Wildman–Crippen MR) is 58.4 cm³/mol. The zero-order valence-electron chi connectivity index (χ0n) is 6.94. The molecular formula is C4H15Cl2NSi3. The van der Waals surface area contributed by atoms with Crippen LogP contribution in [0.1, 0.15) is 0 Å². The van der Waals surface area contributed by atoms with Crippen LogP contribution in [0.4, 0.5) is 0 Å². The lowest BCUT2D eigenvalue weighted by Crippen LogP contribution is -2.48. The van der Waals surface area contributed by atoms with Crippen LogP contribution >= 0.6 is 22.2 Å². The maximum absolute atomic E-state index is 5.93. The minimum Gasteiger partial charge on any atom is -0.352 e. The van der Waals surface area contributed by atoms with Gasteiger partial charge in [-0.05, 0) is 0 Å². The average molecular weight is 232 g/mol. The van der Waals surface area contributed by atoms with Gasteiger partial charge in [-0.3, -0.25) is 0 Å². The molecule has 62 valence electrons. The fourth-order valence-corrected chi connectivity index (χ4v) is 17.5. The van der Waals surface area contributed by atoms with Gasteiger partial charge in [-0.25, -0.2) is 0 Å². The van der Waals surface area contributed by atoms with Crippen LogP contribution in [0.15, 0.2) is 0 Å². The molecule has 0 saturated carbocycles. The molecule has 1 nitrogen and oxygen atoms in total. The molecule has 0 atom stereocenters. The van der Waals surface area contributed by atoms with Gasteiger partial charge in [-0.15, -0.1) is 22.2 Å². The SMILES string of the molecule is C[SiH](C)N([SiH](C)C)[SiH](Cl)Cl. The van der Waals surface area contributed by atoms with Crippen molar-refractivity contribution in [3.63, 3.8) is 0 Å². The van der Waals surface area contributed by atoms with Gasteiger partial charge in [0.1, 0.15) is 0 Å². The van der Waals surface area contributed by atoms with Crippen molar-refractivity contribution < 1.29 is 0 Å². The molecule has 0 aromatic carbocycles. The Hall–Kier alpha value is 1.19. The molecule has 0 amide bonds. The first-order chi connectivity index (χ1) is 4.46. The van der Waals surface area contributed by atoms with Crippen LogP contribution in [0.2, 0.25) is 26.2 Å². The molecule has 0 radical (unpaired) electrons. The van der Waals surface area contributed by atoms with Crippen LogP contribution in [0, 0.1) is 0 Å². The van der Waals surface area contributed by atoms with Crippen LogP contribution in [-0.2, 0) is 0 Å². The Kier molecular flexibility index (Phi) is 5.54. The van der Waals surface area contributed by atoms with E-state index in [0.717, 1.165) is 0 Å². The van der Waals surface area contributed by atoms with E-state index < -0.39 is 25.5 Å². The third-order valence-electron chi connectivity index (χ3n) is 1.42. The van der Waals surface area contributed by atoms with Gasteiger partial charge in [0.15, 0.2) is 0 Å². The first-order valence-corrected chi connectivity index (χ1v) is 13.2. The highest BCUT2D eigenvalue weighted by molar-refractivity contribution is 7.35. The highest BCUT2D eigenvalue weighted by Crippen LogP contribution is 2.09. The zero-order chi connectivity index (χ0) is 8.31. The Morgan fingerprint density at radius 3 is 1.20 bits per heavy atom. The topological polar surface area (TPSA) is 3.24 Å². The van der Waals surface area contributed by atoms with E-state index in [-0.39, 0.29) is 0 Å². The van der Waals surface area contributed by atoms with E-state index in [2.05, 4.69) is 30.1 Å². The summed E-state index contributed by atoms with van der Waals surface area (Å²) in [5, 5.41) is 0. The van der Waals surface area contributed by atoms with Crippen molar-refractivity contribution >= 4 is 47.7 Å². The molecular weight excluding hydrogens is 217 g/mol. The average Bonchev–Trinajstić information content (AvgIpc) is 1.59. The van der Waals surface area contributed by atoms with Crippen LogP contribution in [0.3, 0.4) is 0 Å². The fourth-order valence-electron chi connectivity index (χ4n) is 1.05. The van der Waals surface area contributed by atoms with E-state index >= 15 is 0 Å². The summed E-state index contributed by atoms with van der Waals surface area (Å²) in [4.78, 5) is 0. The molecule has 0 spiro atoms. The molecule has 0 fully saturated rings. The Morgan fingerprint density at radius 2 is 1.20 bits per heavy atom. The molecule has 0 bridgehead atoms. The lowest BCUT2D eigenvalue weighted by molar-refractivity contribution is 1.04. The minimum absolute atomic E-state index is 0.708. The Labute approximate surface area is 77.8 Å². The number of halogens is 2. The summed E-state index contributed by atoms with van der Waals surface area (Å²) in [5.74, 6) is 0. The second-order valence-corrected chi connectivity index (χ2v) is 14.6. The highest BCUT2D eigenvalue weighted by Gasteiger charge is 2.22. The standard InChI is InChI=1S/C4H15Cl2NSi3/c1-8(2)7(9(3)4)10(5)6/h8-10H,1-4H3. The van der Waals surface area contributed by atoms with Crippen molar-refractivity contribution in [3.05, 3.63) is 0 Å². The summed E-state index contributed by atoms with van der Waals surface area (Å²) in [6.07, 6.45) is 0. The summed E-state index contributed by atoms with van der Waals surface area (Å²) in [7, 11) is -2.92. The van der Waals surface area contributed by atoms with Gasteiger partial charge in [-0.1, -0.05) is 26.2 Å². The zero-order valence-corrected chi connectivity index (χ0v) is 11.9. The molecule has 0 aliphatic rings. The largest absolute Gasteiger partial charge is 0.352 e. The van der Waals surface area contributed by atoms with Gasteiger partial charge >= 0.3 is 0 Å². The fraction of sp³-hybridized carbons (Fsp3) is 1.00. The van der Waals surface area contributed by atoms with Gasteiger partial charge in [0.2, 0.25) is 0 Å². The van der Waals surface area contributed by atoms with Crippen molar-refractivity contribution in [3.8, 4) is 0 Å². The lowest BCUT2D eigenvalue weighted by Gasteiger charge is -2.29. The van der Waals surface area contributed by atoms with Gasteiger partial charge in [0, 0.05) is 0 Å². The van der Waals surface area contributed by atoms with Crippen LogP contribution in [-0.4, -0.2) is 29.4 Å². The molecule has 0 N–H and O–H groups in total. The highest BCUT2D eigenvalue weighted by atomic mass is 35.7. The van der Waals surface area contributed by atoms with E-state index in [1.54, 1.807) is 0 Å². The first kappa shape index (κ1) is 11.2. The molecule has 0 aromatic heterocycles. The monoisotopic (exact) mass is 231 g/mol. The van der Waals surface area contributed by atoms with Crippen LogP contribution in [0.5, 0.6) is 0 Å². The minimum atomic E-state index is -1.50. The Bertz CT molecular complexity index is 79.5. The van der Waals surface area contributed by atoms with Crippen molar-refractivity contribution in [2.24, 2.45) is 0 Å². The van der Waals surface area contributed by atoms with Gasteiger partial charge in [-0.2, -0.15) is 0 Å². The third-order valence-corrected chi connectivity index (χ3v) is 16.8. The maximum atomic E-state index is 5.93. The Balaban J connectivity index is 3.98. The first-order valence-electron chi connectivity index (χ1n) is 3.52. The second kappa shape index (κ2) is 4.95. The molecule has 0 aromatic rings. The molecule has 0 aliphatic carbocycles. The van der Waals surface area contributed by atoms with E-state index in [1.807, 2.05) is 0 Å². The van der Waals surface area contributed by atoms with Crippen LogP contribution < -0.4 is 0 Å². The molecule has 0 unspecified atom stereocenters. The van der Waals surface area contributed by atoms with Gasteiger partial charge in [0.25, 0.3) is 7.58 Å². The molecule has 0 aliphatic heterocycles. The summed E-state index contributed by atoms with van der Waals surface area (Å²) in [5.41, 5.74) is 0. The van der Waals surface area contributed by atoms with E-state index in [1.165, 1.54) is 0 Å². The van der Waals surface area contributed by atoms with Crippen molar-refractivity contribution in [2.45, 2.75) is 26.2 Å². The van der Waals surface area contributed by atoms with Gasteiger partial charge in [0.05, 0.1) is 17.9 Å². The molecule has 0 heterocycles. The van der Waals surface area contributed by atoms with Gasteiger partial charge < -0.3 is 3.90 Å². The lowest BCUT2D eigenvalue weighted by atomic mass is 11.9. The van der Waals surface area contributed by atoms with E-state index in [9.17, 15) is 0 Å². The normalized spacial score (nSPS) is 12.6. The van der Waals surface area contributed by atoms with Crippen molar-refractivity contribution in [1.82, 2.24) is 3.90 Å². The molecule has 0 saturated heterocycles. The third kappa shape index (κ3) is 3.54. The molecule has 0 rings (SSSR count). The quantitative estimate of drug-likeness (QED) is 0.526. The summed E-state index contributed by atoms with van der Waals surface area (Å²) >= 11 is 11.9. The van der Waals surface area contributed by atoms with Crippen LogP contribution in [0.25, 0.3) is 0 Å². The van der Waals surface area contributed by atoms with E-state index in [4.69, 9.17) is 22.2 Å². The Morgan fingerprint density at radius 1 is 0.900 bits per heavy atom. The summed E-state index contributed by atoms with van der Waals surface area (Å²) in [6, 6.07) is 0. The molecule has 10 heavy (non-hydrogen) atoms. The maximum Gasteiger partial charge on any atom is 0.296 e. The summed E-state index contributed by atoms with van der Waals surface area (Å²) < 4.78 is 2.45. The second-order valence-electron chi connectivity index (χ2n) is 2.91. The van der Waals surface area contributed by atoms with Crippen molar-refractivity contribution in [1.29, 1.82) is 0 Å². The predicted octanol–water partition coefficient (Wildman–Crippen LogP) is 1.45. The number of rotatable bonds is 3. The number of hydrogen-bond acceptors (Lipinski definition) is 1. The summed E-state index contributed by atoms with van der Waals surface area (Å²) in [6.45, 7) is 9.16. The van der Waals surface area contributed by atoms with Crippen molar-refractivity contribution in [2.75, 3.05) is 0 Å². The smallest absolute Gasteiger partial charge is 0.296 e.